The lowest BCUT2D eigenvalue weighted by atomic mass is 10.2. The SMILES string of the molecule is CC(=O)[C@@H](Nc1ccccc1)N(C)C. The molecule has 1 N–H and O–H groups in total. The minimum absolute atomic E-state index is 0.110. The van der Waals surface area contributed by atoms with Crippen LogP contribution in [0.4, 0.5) is 5.69 Å². The summed E-state index contributed by atoms with van der Waals surface area (Å²) >= 11 is 0. The summed E-state index contributed by atoms with van der Waals surface area (Å²) in [6.07, 6.45) is -0.252. The van der Waals surface area contributed by atoms with Gasteiger partial charge in [0.1, 0.15) is 6.17 Å². The van der Waals surface area contributed by atoms with Crippen molar-refractivity contribution in [3.8, 4) is 0 Å². The first-order valence-corrected chi connectivity index (χ1v) is 4.59. The molecule has 0 aliphatic heterocycles. The van der Waals surface area contributed by atoms with E-state index in [1.165, 1.54) is 0 Å². The monoisotopic (exact) mass is 192 g/mol. The van der Waals surface area contributed by atoms with Crippen molar-refractivity contribution in [3.05, 3.63) is 30.3 Å². The third-order valence-corrected chi connectivity index (χ3v) is 1.98. The first kappa shape index (κ1) is 10.7. The van der Waals surface area contributed by atoms with Crippen LogP contribution in [-0.2, 0) is 4.79 Å². The highest BCUT2D eigenvalue weighted by Gasteiger charge is 2.15. The van der Waals surface area contributed by atoms with Crippen molar-refractivity contribution in [2.45, 2.75) is 13.1 Å². The van der Waals surface area contributed by atoms with Gasteiger partial charge in [-0.25, -0.2) is 0 Å². The van der Waals surface area contributed by atoms with Crippen LogP contribution >= 0.6 is 0 Å². The van der Waals surface area contributed by atoms with E-state index in [1.54, 1.807) is 6.92 Å². The van der Waals surface area contributed by atoms with Crippen LogP contribution in [0.25, 0.3) is 0 Å². The second kappa shape index (κ2) is 4.77. The van der Waals surface area contributed by atoms with Gasteiger partial charge >= 0.3 is 0 Å². The van der Waals surface area contributed by atoms with Gasteiger partial charge in [-0.1, -0.05) is 18.2 Å². The maximum atomic E-state index is 11.3. The molecule has 1 rings (SSSR count). The predicted molar refractivity (Wildman–Crippen MR) is 58.2 cm³/mol. The summed E-state index contributed by atoms with van der Waals surface area (Å²) in [6, 6.07) is 9.72. The molecule has 0 aromatic heterocycles. The van der Waals surface area contributed by atoms with Gasteiger partial charge in [-0.15, -0.1) is 0 Å². The van der Waals surface area contributed by atoms with Gasteiger partial charge in [0.15, 0.2) is 5.78 Å². The molecule has 3 nitrogen and oxygen atoms in total. The molecule has 0 amide bonds. The van der Waals surface area contributed by atoms with Crippen LogP contribution in [0.5, 0.6) is 0 Å². The highest BCUT2D eigenvalue weighted by Crippen LogP contribution is 2.08. The number of hydrogen-bond donors (Lipinski definition) is 1. The summed E-state index contributed by atoms with van der Waals surface area (Å²) in [5.74, 6) is 0.110. The molecule has 0 aliphatic carbocycles. The number of likely N-dealkylation sites (N-methyl/N-ethyl adjacent to an activating group) is 1. The lowest BCUT2D eigenvalue weighted by Gasteiger charge is -2.23. The third-order valence-electron chi connectivity index (χ3n) is 1.98. The van der Waals surface area contributed by atoms with Crippen LogP contribution in [0, 0.1) is 0 Å². The van der Waals surface area contributed by atoms with E-state index in [9.17, 15) is 4.79 Å². The Morgan fingerprint density at radius 1 is 1.29 bits per heavy atom. The highest BCUT2D eigenvalue weighted by atomic mass is 16.1. The number of hydrogen-bond acceptors (Lipinski definition) is 3. The summed E-state index contributed by atoms with van der Waals surface area (Å²) in [4.78, 5) is 13.1. The van der Waals surface area contributed by atoms with Crippen LogP contribution < -0.4 is 5.32 Å². The van der Waals surface area contributed by atoms with Gasteiger partial charge in [-0.2, -0.15) is 0 Å². The molecule has 0 saturated carbocycles. The number of benzene rings is 1. The predicted octanol–water partition coefficient (Wildman–Crippen LogP) is 1.58. The smallest absolute Gasteiger partial charge is 0.166 e. The molecule has 0 radical (unpaired) electrons. The third kappa shape index (κ3) is 2.85. The second-order valence-corrected chi connectivity index (χ2v) is 3.49. The van der Waals surface area contributed by atoms with E-state index in [4.69, 9.17) is 0 Å². The summed E-state index contributed by atoms with van der Waals surface area (Å²) in [5, 5.41) is 3.15. The lowest BCUT2D eigenvalue weighted by molar-refractivity contribution is -0.120. The Morgan fingerprint density at radius 2 is 1.86 bits per heavy atom. The Balaban J connectivity index is 2.70. The molecule has 0 saturated heterocycles. The fourth-order valence-corrected chi connectivity index (χ4v) is 1.29. The van der Waals surface area contributed by atoms with Gasteiger partial charge in [-0.05, 0) is 33.2 Å². The molecule has 1 aromatic rings. The highest BCUT2D eigenvalue weighted by molar-refractivity contribution is 5.83. The summed E-state index contributed by atoms with van der Waals surface area (Å²) in [6.45, 7) is 1.58. The van der Waals surface area contributed by atoms with Crippen LogP contribution in [0.15, 0.2) is 30.3 Å². The lowest BCUT2D eigenvalue weighted by Crippen LogP contribution is -2.40. The van der Waals surface area contributed by atoms with Gasteiger partial charge in [0, 0.05) is 5.69 Å². The number of para-hydroxylation sites is 1. The Morgan fingerprint density at radius 3 is 2.29 bits per heavy atom. The van der Waals surface area contributed by atoms with Crippen molar-refractivity contribution in [1.82, 2.24) is 4.90 Å². The van der Waals surface area contributed by atoms with Gasteiger partial charge in [0.2, 0.25) is 0 Å². The van der Waals surface area contributed by atoms with E-state index in [0.29, 0.717) is 0 Å². The number of anilines is 1. The number of carbonyl (C=O) groups is 1. The van der Waals surface area contributed by atoms with E-state index in [1.807, 2.05) is 49.3 Å². The van der Waals surface area contributed by atoms with Crippen molar-refractivity contribution < 1.29 is 4.79 Å². The molecule has 14 heavy (non-hydrogen) atoms. The van der Waals surface area contributed by atoms with Crippen molar-refractivity contribution in [3.63, 3.8) is 0 Å². The molecular weight excluding hydrogens is 176 g/mol. The summed E-state index contributed by atoms with van der Waals surface area (Å²) in [5.41, 5.74) is 0.960. The van der Waals surface area contributed by atoms with Crippen LogP contribution in [-0.4, -0.2) is 30.9 Å². The number of nitrogens with zero attached hydrogens (tertiary/aromatic N) is 1. The van der Waals surface area contributed by atoms with Crippen molar-refractivity contribution >= 4 is 11.5 Å². The summed E-state index contributed by atoms with van der Waals surface area (Å²) in [7, 11) is 3.75. The topological polar surface area (TPSA) is 32.3 Å². The standard InChI is InChI=1S/C11H16N2O/c1-9(14)11(13(2)3)12-10-7-5-4-6-8-10/h4-8,11-12H,1-3H3/t11-/m0/s1. The number of carbonyl (C=O) groups excluding carboxylic acids is 1. The van der Waals surface area contributed by atoms with Crippen LogP contribution in [0.1, 0.15) is 6.92 Å². The van der Waals surface area contributed by atoms with Gasteiger partial charge in [0.25, 0.3) is 0 Å². The maximum absolute atomic E-state index is 11.3. The molecule has 3 heteroatoms. The Hall–Kier alpha value is -1.35. The van der Waals surface area contributed by atoms with E-state index in [2.05, 4.69) is 5.32 Å². The molecule has 0 heterocycles. The van der Waals surface area contributed by atoms with Gasteiger partial charge in [-0.3, -0.25) is 9.69 Å². The Kier molecular flexibility index (Phi) is 3.65. The zero-order valence-corrected chi connectivity index (χ0v) is 8.82. The van der Waals surface area contributed by atoms with E-state index >= 15 is 0 Å². The van der Waals surface area contributed by atoms with E-state index < -0.39 is 0 Å². The molecular formula is C11H16N2O. The molecule has 0 bridgehead atoms. The van der Waals surface area contributed by atoms with E-state index in [-0.39, 0.29) is 11.9 Å². The van der Waals surface area contributed by atoms with Crippen molar-refractivity contribution in [2.24, 2.45) is 0 Å². The minimum Gasteiger partial charge on any atom is -0.363 e. The van der Waals surface area contributed by atoms with Gasteiger partial charge < -0.3 is 5.32 Å². The Labute approximate surface area is 84.7 Å². The molecule has 0 aliphatic rings. The van der Waals surface area contributed by atoms with Crippen LogP contribution in [0.3, 0.4) is 0 Å². The summed E-state index contributed by atoms with van der Waals surface area (Å²) < 4.78 is 0. The maximum Gasteiger partial charge on any atom is 0.166 e. The second-order valence-electron chi connectivity index (χ2n) is 3.49. The van der Waals surface area contributed by atoms with E-state index in [0.717, 1.165) is 5.69 Å². The average Bonchev–Trinajstić information content (AvgIpc) is 2.15. The largest absolute Gasteiger partial charge is 0.363 e. The average molecular weight is 192 g/mol. The molecule has 76 valence electrons. The molecule has 0 fully saturated rings. The number of ketones is 1. The minimum atomic E-state index is -0.252. The molecule has 1 aromatic carbocycles. The fraction of sp³-hybridized carbons (Fsp3) is 0.364. The molecule has 1 atom stereocenters. The molecule has 0 unspecified atom stereocenters. The first-order valence-electron chi connectivity index (χ1n) is 4.59. The normalized spacial score (nSPS) is 12.6. The fourth-order valence-electron chi connectivity index (χ4n) is 1.29. The number of nitrogens with one attached hydrogen (secondary N) is 1. The Bertz CT molecular complexity index is 295. The zero-order valence-electron chi connectivity index (χ0n) is 8.82. The van der Waals surface area contributed by atoms with Gasteiger partial charge in [0.05, 0.1) is 0 Å². The van der Waals surface area contributed by atoms with Crippen molar-refractivity contribution in [1.29, 1.82) is 0 Å². The first-order chi connectivity index (χ1) is 6.61. The molecule has 0 spiro atoms. The van der Waals surface area contributed by atoms with Crippen molar-refractivity contribution in [2.75, 3.05) is 19.4 Å². The number of Topliss-reactive ketones (excluding diaryl/α,β-unsaturated/α-hetero) is 1. The zero-order chi connectivity index (χ0) is 10.6. The number of rotatable bonds is 4. The van der Waals surface area contributed by atoms with Crippen LogP contribution in [0.2, 0.25) is 0 Å². The quantitative estimate of drug-likeness (QED) is 0.735.